The number of H-pyrrole nitrogens is 1. The van der Waals surface area contributed by atoms with Gasteiger partial charge in [-0.15, -0.1) is 4.80 Å². The van der Waals surface area contributed by atoms with Crippen LogP contribution in [0.3, 0.4) is 0 Å². The Hall–Kier alpha value is -3.22. The first kappa shape index (κ1) is 17.8. The summed E-state index contributed by atoms with van der Waals surface area (Å²) in [5.74, 6) is 0.990. The third kappa shape index (κ3) is 2.80. The number of aromatic nitrogens is 6. The van der Waals surface area contributed by atoms with Crippen molar-refractivity contribution in [2.75, 3.05) is 11.4 Å². The van der Waals surface area contributed by atoms with Gasteiger partial charge in [0, 0.05) is 12.2 Å². The first-order chi connectivity index (χ1) is 14.0. The topological polar surface area (TPSA) is 75.5 Å². The van der Waals surface area contributed by atoms with Crippen molar-refractivity contribution in [2.45, 2.75) is 46.1 Å². The monoisotopic (exact) mass is 386 g/mol. The van der Waals surface area contributed by atoms with Gasteiger partial charge in [0.25, 0.3) is 0 Å². The zero-order valence-corrected chi connectivity index (χ0v) is 17.2. The minimum absolute atomic E-state index is 0.260. The molecule has 3 aromatic heterocycles. The Morgan fingerprint density at radius 3 is 2.62 bits per heavy atom. The Morgan fingerprint density at radius 1 is 1.07 bits per heavy atom. The van der Waals surface area contributed by atoms with Gasteiger partial charge in [-0.05, 0) is 69.9 Å². The van der Waals surface area contributed by atoms with E-state index in [1.165, 1.54) is 11.1 Å². The standard InChI is InChI=1S/C22H24N7/c1-14-10-17-18(11-15(14)2)27-21(26-17)22(4)6-5-9-28(22)19-12-16(3)23-13-20(19)29-24-7-8-25-29/h7-8,10-12H,5-6,9H2,1-4H3,(H,26,27)/t22-/m0/s1. The second-order valence-corrected chi connectivity index (χ2v) is 8.13. The summed E-state index contributed by atoms with van der Waals surface area (Å²) in [6, 6.07) is 6.44. The van der Waals surface area contributed by atoms with Gasteiger partial charge >= 0.3 is 0 Å². The average Bonchev–Trinajstić information content (AvgIpc) is 3.42. The van der Waals surface area contributed by atoms with E-state index in [4.69, 9.17) is 4.98 Å². The van der Waals surface area contributed by atoms with Crippen molar-refractivity contribution in [2.24, 2.45) is 0 Å². The molecule has 5 rings (SSSR count). The molecule has 1 atom stereocenters. The number of imidazole rings is 1. The summed E-state index contributed by atoms with van der Waals surface area (Å²) in [5.41, 5.74) is 7.08. The Morgan fingerprint density at radius 2 is 1.83 bits per heavy atom. The first-order valence-electron chi connectivity index (χ1n) is 9.97. The molecule has 0 spiro atoms. The molecule has 29 heavy (non-hydrogen) atoms. The number of aromatic amines is 1. The van der Waals surface area contributed by atoms with Crippen LogP contribution in [0.15, 0.2) is 30.6 Å². The van der Waals surface area contributed by atoms with Gasteiger partial charge in [0.15, 0.2) is 0 Å². The highest BCUT2D eigenvalue weighted by atomic mass is 15.5. The minimum atomic E-state index is -0.260. The maximum absolute atomic E-state index is 5.00. The molecule has 4 aromatic rings. The zero-order valence-electron chi connectivity index (χ0n) is 17.2. The van der Waals surface area contributed by atoms with E-state index in [2.05, 4.69) is 70.2 Å². The molecule has 147 valence electrons. The van der Waals surface area contributed by atoms with Gasteiger partial charge in [-0.2, -0.15) is 10.2 Å². The van der Waals surface area contributed by atoms with Gasteiger partial charge in [-0.3, -0.25) is 0 Å². The number of anilines is 1. The molecule has 7 nitrogen and oxygen atoms in total. The number of nitrogens with zero attached hydrogens (tertiary/aromatic N) is 6. The maximum Gasteiger partial charge on any atom is 0.137 e. The molecule has 1 aliphatic rings. The van der Waals surface area contributed by atoms with Crippen molar-refractivity contribution in [3.8, 4) is 5.69 Å². The van der Waals surface area contributed by atoms with Crippen LogP contribution in [0.1, 0.15) is 42.4 Å². The molecule has 1 radical (unpaired) electrons. The number of rotatable bonds is 3. The van der Waals surface area contributed by atoms with Gasteiger partial charge in [0.1, 0.15) is 17.7 Å². The van der Waals surface area contributed by atoms with Crippen LogP contribution in [0, 0.1) is 27.0 Å². The van der Waals surface area contributed by atoms with E-state index in [1.54, 1.807) is 17.2 Å². The van der Waals surface area contributed by atoms with Crippen molar-refractivity contribution >= 4 is 16.7 Å². The van der Waals surface area contributed by atoms with Gasteiger partial charge in [0.2, 0.25) is 0 Å². The van der Waals surface area contributed by atoms with E-state index in [0.29, 0.717) is 0 Å². The molecule has 1 aliphatic heterocycles. The quantitative estimate of drug-likeness (QED) is 0.580. The number of pyridine rings is 1. The smallest absolute Gasteiger partial charge is 0.137 e. The Balaban J connectivity index is 1.65. The predicted molar refractivity (Wildman–Crippen MR) is 112 cm³/mol. The Labute approximate surface area is 169 Å². The highest BCUT2D eigenvalue weighted by Crippen LogP contribution is 2.43. The average molecular weight is 386 g/mol. The van der Waals surface area contributed by atoms with Gasteiger partial charge in [-0.1, -0.05) is 0 Å². The van der Waals surface area contributed by atoms with Gasteiger partial charge in [-0.25, -0.2) is 9.97 Å². The largest absolute Gasteiger partial charge is 0.357 e. The minimum Gasteiger partial charge on any atom is -0.357 e. The van der Waals surface area contributed by atoms with Gasteiger partial charge in [0.05, 0.1) is 34.7 Å². The maximum atomic E-state index is 5.00. The van der Waals surface area contributed by atoms with Crippen LogP contribution >= 0.6 is 0 Å². The normalized spacial score (nSPS) is 19.4. The molecule has 0 bridgehead atoms. The second kappa shape index (κ2) is 6.40. The second-order valence-electron chi connectivity index (χ2n) is 8.13. The van der Waals surface area contributed by atoms with Gasteiger partial charge < -0.3 is 9.88 Å². The van der Waals surface area contributed by atoms with Crippen molar-refractivity contribution in [3.05, 3.63) is 59.4 Å². The van der Waals surface area contributed by atoms with E-state index >= 15 is 0 Å². The molecule has 1 N–H and O–H groups in total. The van der Waals surface area contributed by atoms with E-state index < -0.39 is 0 Å². The molecular weight excluding hydrogens is 362 g/mol. The number of aryl methyl sites for hydroxylation is 3. The third-order valence-electron chi connectivity index (χ3n) is 6.08. The van der Waals surface area contributed by atoms with E-state index in [0.717, 1.165) is 53.3 Å². The van der Waals surface area contributed by atoms with Crippen molar-refractivity contribution in [1.29, 1.82) is 0 Å². The lowest BCUT2D eigenvalue weighted by Gasteiger charge is -2.36. The molecule has 0 saturated carbocycles. The van der Waals surface area contributed by atoms with E-state index in [1.807, 2.05) is 6.92 Å². The summed E-state index contributed by atoms with van der Waals surface area (Å²) < 4.78 is 0. The molecule has 4 heterocycles. The lowest BCUT2D eigenvalue weighted by atomic mass is 9.97. The van der Waals surface area contributed by atoms with Crippen LogP contribution in [-0.2, 0) is 5.54 Å². The predicted octanol–water partition coefficient (Wildman–Crippen LogP) is 3.78. The summed E-state index contributed by atoms with van der Waals surface area (Å²) in [6.07, 6.45) is 8.57. The van der Waals surface area contributed by atoms with Crippen molar-refractivity contribution in [3.63, 3.8) is 0 Å². The lowest BCUT2D eigenvalue weighted by molar-refractivity contribution is 0.465. The van der Waals surface area contributed by atoms with Crippen LogP contribution < -0.4 is 4.90 Å². The lowest BCUT2D eigenvalue weighted by Crippen LogP contribution is -2.40. The highest BCUT2D eigenvalue weighted by Gasteiger charge is 2.42. The van der Waals surface area contributed by atoms with Crippen molar-refractivity contribution in [1.82, 2.24) is 29.9 Å². The molecule has 0 unspecified atom stereocenters. The summed E-state index contributed by atoms with van der Waals surface area (Å²) in [4.78, 5) is 16.9. The Kier molecular flexibility index (Phi) is 3.94. The number of nitrogens with one attached hydrogen (secondary N) is 1. The molecular formula is C22H24N7. The third-order valence-corrected chi connectivity index (χ3v) is 6.08. The SMILES string of the molecule is Cc1cc(N2CCC[C@@]2(C)c2nc3cc(C)c(C)cc3[nH]2)c(-n2nccn2)[c]n1. The summed E-state index contributed by atoms with van der Waals surface area (Å²) in [7, 11) is 0. The summed E-state index contributed by atoms with van der Waals surface area (Å²) >= 11 is 0. The number of benzene rings is 1. The van der Waals surface area contributed by atoms with Crippen LogP contribution in [-0.4, -0.2) is 36.5 Å². The molecule has 1 fully saturated rings. The zero-order chi connectivity index (χ0) is 20.2. The fraction of sp³-hybridized carbons (Fsp3) is 0.364. The molecule has 0 amide bonds. The molecule has 1 saturated heterocycles. The highest BCUT2D eigenvalue weighted by molar-refractivity contribution is 5.77. The van der Waals surface area contributed by atoms with Crippen LogP contribution in [0.5, 0.6) is 0 Å². The summed E-state index contributed by atoms with van der Waals surface area (Å²) in [6.45, 7) is 9.44. The van der Waals surface area contributed by atoms with Crippen molar-refractivity contribution < 1.29 is 0 Å². The Bertz CT molecular complexity index is 1150. The fourth-order valence-corrected chi connectivity index (χ4v) is 4.30. The first-order valence-corrected chi connectivity index (χ1v) is 9.97. The summed E-state index contributed by atoms with van der Waals surface area (Å²) in [5, 5.41) is 8.61. The van der Waals surface area contributed by atoms with Crippen LogP contribution in [0.2, 0.25) is 0 Å². The van der Waals surface area contributed by atoms with Crippen LogP contribution in [0.4, 0.5) is 5.69 Å². The molecule has 1 aromatic carbocycles. The number of hydrogen-bond acceptors (Lipinski definition) is 5. The fourth-order valence-electron chi connectivity index (χ4n) is 4.30. The van der Waals surface area contributed by atoms with E-state index in [-0.39, 0.29) is 5.54 Å². The molecule has 7 heteroatoms. The van der Waals surface area contributed by atoms with E-state index in [9.17, 15) is 0 Å². The number of hydrogen-bond donors (Lipinski definition) is 1. The number of fused-ring (bicyclic) bond motifs is 1. The molecule has 0 aliphatic carbocycles. The van der Waals surface area contributed by atoms with Crippen LogP contribution in [0.25, 0.3) is 16.7 Å².